The van der Waals surface area contributed by atoms with E-state index in [1.54, 1.807) is 7.11 Å². The van der Waals surface area contributed by atoms with Gasteiger partial charge in [0.05, 0.1) is 13.0 Å². The summed E-state index contributed by atoms with van der Waals surface area (Å²) in [5.74, 6) is 0.960. The number of methoxy groups -OCH3 is 1. The molecule has 1 heterocycles. The van der Waals surface area contributed by atoms with Gasteiger partial charge in [-0.2, -0.15) is 0 Å². The lowest BCUT2D eigenvalue weighted by atomic mass is 9.96. The zero-order valence-electron chi connectivity index (χ0n) is 18.1. The van der Waals surface area contributed by atoms with E-state index in [4.69, 9.17) is 4.74 Å². The summed E-state index contributed by atoms with van der Waals surface area (Å²) >= 11 is 0. The minimum Gasteiger partial charge on any atom is -0.497 e. The van der Waals surface area contributed by atoms with Gasteiger partial charge in [-0.05, 0) is 55.1 Å². The molecule has 0 aliphatic carbocycles. The minimum absolute atomic E-state index is 0.0217. The second-order valence-corrected chi connectivity index (χ2v) is 8.14. The molecule has 0 bridgehead atoms. The maximum Gasteiger partial charge on any atom is 0.228 e. The Kier molecular flexibility index (Phi) is 7.00. The molecule has 0 unspecified atom stereocenters. The van der Waals surface area contributed by atoms with E-state index in [-0.39, 0.29) is 11.8 Å². The molecule has 1 aliphatic rings. The van der Waals surface area contributed by atoms with Crippen molar-refractivity contribution in [3.8, 4) is 16.9 Å². The lowest BCUT2D eigenvalue weighted by Crippen LogP contribution is -2.41. The standard InChI is InChI=1S/C27H30N2O2/c1-31-24-15-13-22(14-16-24)25-11-5-6-12-26(25)28-27(30)23-10-7-18-29(20-23)19-17-21-8-3-2-4-9-21/h2-6,8-9,11-16,23H,7,10,17-20H2,1H3,(H,28,30)/t23-/m1/s1. The van der Waals surface area contributed by atoms with Crippen molar-refractivity contribution < 1.29 is 9.53 Å². The predicted molar refractivity (Wildman–Crippen MR) is 126 cm³/mol. The predicted octanol–water partition coefficient (Wildman–Crippen LogP) is 5.26. The number of anilines is 1. The van der Waals surface area contributed by atoms with E-state index in [2.05, 4.69) is 40.5 Å². The van der Waals surface area contributed by atoms with Crippen molar-refractivity contribution in [1.29, 1.82) is 0 Å². The first-order valence-corrected chi connectivity index (χ1v) is 11.0. The van der Waals surface area contributed by atoms with E-state index in [1.165, 1.54) is 5.56 Å². The molecular weight excluding hydrogens is 384 g/mol. The summed E-state index contributed by atoms with van der Waals surface area (Å²) in [4.78, 5) is 15.5. The average Bonchev–Trinajstić information content (AvgIpc) is 2.84. The van der Waals surface area contributed by atoms with Crippen molar-refractivity contribution >= 4 is 11.6 Å². The van der Waals surface area contributed by atoms with Crippen molar-refractivity contribution in [3.05, 3.63) is 84.4 Å². The number of amides is 1. The number of piperidine rings is 1. The molecule has 4 nitrogen and oxygen atoms in total. The summed E-state index contributed by atoms with van der Waals surface area (Å²) < 4.78 is 5.26. The maximum absolute atomic E-state index is 13.1. The number of hydrogen-bond donors (Lipinski definition) is 1. The Labute approximate surface area is 184 Å². The van der Waals surface area contributed by atoms with Gasteiger partial charge in [0, 0.05) is 24.3 Å². The number of para-hydroxylation sites is 1. The second kappa shape index (κ2) is 10.3. The first-order valence-electron chi connectivity index (χ1n) is 11.0. The van der Waals surface area contributed by atoms with Gasteiger partial charge in [-0.25, -0.2) is 0 Å². The van der Waals surface area contributed by atoms with Crippen LogP contribution < -0.4 is 10.1 Å². The zero-order valence-corrected chi connectivity index (χ0v) is 18.1. The Morgan fingerprint density at radius 2 is 1.74 bits per heavy atom. The molecule has 4 heteroatoms. The van der Waals surface area contributed by atoms with E-state index in [9.17, 15) is 4.79 Å². The molecule has 1 N–H and O–H groups in total. The Bertz CT molecular complexity index is 986. The molecule has 1 aliphatic heterocycles. The Morgan fingerprint density at radius 3 is 2.52 bits per heavy atom. The summed E-state index contributed by atoms with van der Waals surface area (Å²) in [6.07, 6.45) is 3.03. The van der Waals surface area contributed by atoms with Gasteiger partial charge in [0.1, 0.15) is 5.75 Å². The zero-order chi connectivity index (χ0) is 21.5. The van der Waals surface area contributed by atoms with Crippen LogP contribution in [0, 0.1) is 5.92 Å². The summed E-state index contributed by atoms with van der Waals surface area (Å²) in [7, 11) is 1.66. The van der Waals surface area contributed by atoms with Crippen molar-refractivity contribution in [2.75, 3.05) is 32.1 Å². The average molecular weight is 415 g/mol. The molecule has 1 atom stereocenters. The monoisotopic (exact) mass is 414 g/mol. The second-order valence-electron chi connectivity index (χ2n) is 8.14. The van der Waals surface area contributed by atoms with Crippen molar-refractivity contribution in [1.82, 2.24) is 4.90 Å². The van der Waals surface area contributed by atoms with E-state index < -0.39 is 0 Å². The maximum atomic E-state index is 13.1. The fourth-order valence-corrected chi connectivity index (χ4v) is 4.25. The van der Waals surface area contributed by atoms with E-state index in [1.807, 2.05) is 48.5 Å². The number of ether oxygens (including phenoxy) is 1. The van der Waals surface area contributed by atoms with Gasteiger partial charge in [0.15, 0.2) is 0 Å². The summed E-state index contributed by atoms with van der Waals surface area (Å²) in [6.45, 7) is 2.89. The number of likely N-dealkylation sites (tertiary alicyclic amines) is 1. The molecular formula is C27H30N2O2. The number of carbonyl (C=O) groups excluding carboxylic acids is 1. The van der Waals surface area contributed by atoms with Crippen LogP contribution in [0.5, 0.6) is 5.75 Å². The lowest BCUT2D eigenvalue weighted by molar-refractivity contribution is -0.121. The highest BCUT2D eigenvalue weighted by Gasteiger charge is 2.26. The van der Waals surface area contributed by atoms with Gasteiger partial charge in [-0.15, -0.1) is 0 Å². The van der Waals surface area contributed by atoms with Gasteiger partial charge < -0.3 is 15.0 Å². The van der Waals surface area contributed by atoms with Crippen LogP contribution in [0.15, 0.2) is 78.9 Å². The molecule has 0 radical (unpaired) electrons. The summed E-state index contributed by atoms with van der Waals surface area (Å²) in [6, 6.07) is 26.5. The van der Waals surface area contributed by atoms with Crippen LogP contribution in [0.2, 0.25) is 0 Å². The quantitative estimate of drug-likeness (QED) is 0.574. The smallest absolute Gasteiger partial charge is 0.228 e. The number of nitrogens with one attached hydrogen (secondary N) is 1. The van der Waals surface area contributed by atoms with Crippen molar-refractivity contribution in [2.24, 2.45) is 5.92 Å². The Balaban J connectivity index is 1.39. The summed E-state index contributed by atoms with van der Waals surface area (Å²) in [5, 5.41) is 3.20. The molecule has 1 fully saturated rings. The van der Waals surface area contributed by atoms with E-state index in [0.717, 1.165) is 61.5 Å². The highest BCUT2D eigenvalue weighted by atomic mass is 16.5. The van der Waals surface area contributed by atoms with Gasteiger partial charge >= 0.3 is 0 Å². The molecule has 4 rings (SSSR count). The minimum atomic E-state index is 0.0217. The van der Waals surface area contributed by atoms with Gasteiger partial charge in [-0.1, -0.05) is 60.7 Å². The van der Waals surface area contributed by atoms with Crippen LogP contribution in [0.4, 0.5) is 5.69 Å². The molecule has 1 saturated heterocycles. The first-order chi connectivity index (χ1) is 15.2. The SMILES string of the molecule is COc1ccc(-c2ccccc2NC(=O)[C@@H]2CCCN(CCc3ccccc3)C2)cc1. The fraction of sp³-hybridized carbons (Fsp3) is 0.296. The Morgan fingerprint density at radius 1 is 1.00 bits per heavy atom. The van der Waals surface area contributed by atoms with Crippen molar-refractivity contribution in [2.45, 2.75) is 19.3 Å². The lowest BCUT2D eigenvalue weighted by Gasteiger charge is -2.32. The highest BCUT2D eigenvalue weighted by Crippen LogP contribution is 2.30. The van der Waals surface area contributed by atoms with Crippen LogP contribution in [0.25, 0.3) is 11.1 Å². The molecule has 0 aromatic heterocycles. The van der Waals surface area contributed by atoms with Crippen LogP contribution in [-0.2, 0) is 11.2 Å². The molecule has 31 heavy (non-hydrogen) atoms. The third-order valence-electron chi connectivity index (χ3n) is 6.02. The molecule has 3 aromatic carbocycles. The number of hydrogen-bond acceptors (Lipinski definition) is 3. The number of nitrogens with zero attached hydrogens (tertiary/aromatic N) is 1. The van der Waals surface area contributed by atoms with Crippen LogP contribution in [0.3, 0.4) is 0 Å². The third-order valence-corrected chi connectivity index (χ3v) is 6.02. The third kappa shape index (κ3) is 5.53. The largest absolute Gasteiger partial charge is 0.497 e. The highest BCUT2D eigenvalue weighted by molar-refractivity contribution is 5.97. The number of benzene rings is 3. The van der Waals surface area contributed by atoms with E-state index >= 15 is 0 Å². The van der Waals surface area contributed by atoms with Crippen LogP contribution in [-0.4, -0.2) is 37.6 Å². The van der Waals surface area contributed by atoms with Gasteiger partial charge in [0.25, 0.3) is 0 Å². The molecule has 0 spiro atoms. The van der Waals surface area contributed by atoms with Crippen LogP contribution in [0.1, 0.15) is 18.4 Å². The first kappa shape index (κ1) is 21.1. The normalized spacial score (nSPS) is 16.6. The molecule has 3 aromatic rings. The summed E-state index contributed by atoms with van der Waals surface area (Å²) in [5.41, 5.74) is 4.29. The van der Waals surface area contributed by atoms with E-state index in [0.29, 0.717) is 0 Å². The molecule has 0 saturated carbocycles. The van der Waals surface area contributed by atoms with Gasteiger partial charge in [-0.3, -0.25) is 4.79 Å². The molecule has 1 amide bonds. The van der Waals surface area contributed by atoms with Gasteiger partial charge in [0.2, 0.25) is 5.91 Å². The topological polar surface area (TPSA) is 41.6 Å². The molecule has 160 valence electrons. The fourth-order valence-electron chi connectivity index (χ4n) is 4.25. The number of carbonyl (C=O) groups is 1. The Hall–Kier alpha value is -3.11. The van der Waals surface area contributed by atoms with Crippen LogP contribution >= 0.6 is 0 Å². The number of rotatable bonds is 7. The van der Waals surface area contributed by atoms with Crippen molar-refractivity contribution in [3.63, 3.8) is 0 Å².